The van der Waals surface area contributed by atoms with Crippen molar-refractivity contribution < 1.29 is 4.79 Å². The summed E-state index contributed by atoms with van der Waals surface area (Å²) in [6, 6.07) is 15.7. The molecule has 3 heteroatoms. The molecular weight excluding hydrogens is 260 g/mol. The summed E-state index contributed by atoms with van der Waals surface area (Å²) in [7, 11) is 0. The second-order valence-electron chi connectivity index (χ2n) is 5.13. The summed E-state index contributed by atoms with van der Waals surface area (Å²) in [5.74, 6) is 0.0296. The summed E-state index contributed by atoms with van der Waals surface area (Å²) in [4.78, 5) is 14.5. The molecule has 0 spiro atoms. The maximum absolute atomic E-state index is 12.7. The molecule has 3 nitrogen and oxygen atoms in total. The zero-order valence-corrected chi connectivity index (χ0v) is 12.7. The maximum atomic E-state index is 12.7. The monoisotopic (exact) mass is 282 g/mol. The van der Waals surface area contributed by atoms with Gasteiger partial charge in [0.1, 0.15) is 0 Å². The molecule has 0 aliphatic rings. The smallest absolute Gasteiger partial charge is 0.258 e. The van der Waals surface area contributed by atoms with Crippen LogP contribution in [0.25, 0.3) is 0 Å². The standard InChI is InChI=1S/C18H22N2O/c1-3-20(17-9-4-6-14(2)12-17)18(21)16-8-5-7-15(13-16)10-11-19/h4-9,12-13H,3,10-11,19H2,1-2H3. The fraction of sp³-hybridized carbons (Fsp3) is 0.278. The number of nitrogens with two attached hydrogens (primary N) is 1. The molecule has 0 heterocycles. The first-order chi connectivity index (χ1) is 10.2. The molecule has 0 bridgehead atoms. The van der Waals surface area contributed by atoms with Gasteiger partial charge in [0.05, 0.1) is 0 Å². The first-order valence-corrected chi connectivity index (χ1v) is 7.33. The van der Waals surface area contributed by atoms with Gasteiger partial charge in [-0.1, -0.05) is 24.3 Å². The Balaban J connectivity index is 2.30. The molecule has 0 aliphatic carbocycles. The molecule has 0 saturated carbocycles. The van der Waals surface area contributed by atoms with Crippen molar-refractivity contribution in [1.82, 2.24) is 0 Å². The van der Waals surface area contributed by atoms with Gasteiger partial charge >= 0.3 is 0 Å². The van der Waals surface area contributed by atoms with Gasteiger partial charge in [-0.05, 0) is 62.2 Å². The Hall–Kier alpha value is -2.13. The maximum Gasteiger partial charge on any atom is 0.258 e. The second kappa shape index (κ2) is 7.04. The average Bonchev–Trinajstić information content (AvgIpc) is 2.49. The van der Waals surface area contributed by atoms with Gasteiger partial charge in [-0.3, -0.25) is 4.79 Å². The first-order valence-electron chi connectivity index (χ1n) is 7.33. The molecule has 21 heavy (non-hydrogen) atoms. The summed E-state index contributed by atoms with van der Waals surface area (Å²) in [6.45, 7) is 5.25. The number of hydrogen-bond acceptors (Lipinski definition) is 2. The van der Waals surface area contributed by atoms with E-state index in [0.717, 1.165) is 23.2 Å². The molecule has 0 atom stereocenters. The molecule has 2 rings (SSSR count). The Morgan fingerprint density at radius 2 is 1.90 bits per heavy atom. The Bertz CT molecular complexity index is 622. The van der Waals surface area contributed by atoms with Crippen LogP contribution in [0.5, 0.6) is 0 Å². The molecule has 110 valence electrons. The van der Waals surface area contributed by atoms with E-state index in [1.165, 1.54) is 0 Å². The van der Waals surface area contributed by atoms with Crippen molar-refractivity contribution in [3.8, 4) is 0 Å². The van der Waals surface area contributed by atoms with Crippen LogP contribution in [-0.2, 0) is 6.42 Å². The summed E-state index contributed by atoms with van der Waals surface area (Å²) in [5, 5.41) is 0. The summed E-state index contributed by atoms with van der Waals surface area (Å²) >= 11 is 0. The van der Waals surface area contributed by atoms with E-state index in [1.54, 1.807) is 4.90 Å². The van der Waals surface area contributed by atoms with Crippen LogP contribution in [-0.4, -0.2) is 19.0 Å². The second-order valence-corrected chi connectivity index (χ2v) is 5.13. The molecule has 0 fully saturated rings. The number of benzene rings is 2. The van der Waals surface area contributed by atoms with E-state index in [9.17, 15) is 4.79 Å². The highest BCUT2D eigenvalue weighted by molar-refractivity contribution is 6.06. The highest BCUT2D eigenvalue weighted by atomic mass is 16.2. The normalized spacial score (nSPS) is 10.4. The summed E-state index contributed by atoms with van der Waals surface area (Å²) in [5.41, 5.74) is 9.48. The fourth-order valence-corrected chi connectivity index (χ4v) is 2.42. The van der Waals surface area contributed by atoms with Crippen molar-refractivity contribution in [3.05, 3.63) is 65.2 Å². The van der Waals surface area contributed by atoms with E-state index in [0.29, 0.717) is 18.7 Å². The number of amides is 1. The van der Waals surface area contributed by atoms with E-state index in [-0.39, 0.29) is 5.91 Å². The predicted octanol–water partition coefficient (Wildman–Crippen LogP) is 3.16. The van der Waals surface area contributed by atoms with Gasteiger partial charge in [-0.15, -0.1) is 0 Å². The molecular formula is C18H22N2O. The molecule has 1 amide bonds. The molecule has 0 radical (unpaired) electrons. The number of anilines is 1. The Morgan fingerprint density at radius 1 is 1.14 bits per heavy atom. The third-order valence-electron chi connectivity index (χ3n) is 3.48. The van der Waals surface area contributed by atoms with Crippen LogP contribution in [0.4, 0.5) is 5.69 Å². The van der Waals surface area contributed by atoms with Gasteiger partial charge < -0.3 is 10.6 Å². The van der Waals surface area contributed by atoms with Gasteiger partial charge in [0.2, 0.25) is 0 Å². The van der Waals surface area contributed by atoms with Crippen LogP contribution in [0, 0.1) is 6.92 Å². The predicted molar refractivity (Wildman–Crippen MR) is 87.7 cm³/mol. The van der Waals surface area contributed by atoms with Gasteiger partial charge in [-0.2, -0.15) is 0 Å². The van der Waals surface area contributed by atoms with E-state index < -0.39 is 0 Å². The lowest BCUT2D eigenvalue weighted by molar-refractivity contribution is 0.0988. The van der Waals surface area contributed by atoms with Gasteiger partial charge in [-0.25, -0.2) is 0 Å². The first kappa shape index (κ1) is 15.3. The highest BCUT2D eigenvalue weighted by Gasteiger charge is 2.16. The Kier molecular flexibility index (Phi) is 5.12. The van der Waals surface area contributed by atoms with Gasteiger partial charge in [0, 0.05) is 17.8 Å². The van der Waals surface area contributed by atoms with Crippen molar-refractivity contribution >= 4 is 11.6 Å². The SMILES string of the molecule is CCN(C(=O)c1cccc(CCN)c1)c1cccc(C)c1. The van der Waals surface area contributed by atoms with Crippen molar-refractivity contribution in [1.29, 1.82) is 0 Å². The van der Waals surface area contributed by atoms with Crippen molar-refractivity contribution in [2.24, 2.45) is 5.73 Å². The zero-order valence-electron chi connectivity index (χ0n) is 12.7. The molecule has 2 aromatic rings. The largest absolute Gasteiger partial charge is 0.330 e. The van der Waals surface area contributed by atoms with Crippen LogP contribution in [0.3, 0.4) is 0 Å². The lowest BCUT2D eigenvalue weighted by Gasteiger charge is -2.22. The number of nitrogens with zero attached hydrogens (tertiary/aromatic N) is 1. The number of aryl methyl sites for hydroxylation is 1. The Morgan fingerprint density at radius 3 is 2.57 bits per heavy atom. The minimum absolute atomic E-state index is 0.0296. The van der Waals surface area contributed by atoms with E-state index in [2.05, 4.69) is 0 Å². The number of hydrogen-bond donors (Lipinski definition) is 1. The van der Waals surface area contributed by atoms with E-state index in [1.807, 2.05) is 62.4 Å². The van der Waals surface area contributed by atoms with Crippen molar-refractivity contribution in [2.45, 2.75) is 20.3 Å². The quantitative estimate of drug-likeness (QED) is 0.915. The van der Waals surface area contributed by atoms with Crippen LogP contribution in [0.15, 0.2) is 48.5 Å². The third kappa shape index (κ3) is 3.70. The number of rotatable bonds is 5. The van der Waals surface area contributed by atoms with Gasteiger partial charge in [0.15, 0.2) is 0 Å². The molecule has 0 saturated heterocycles. The summed E-state index contributed by atoms with van der Waals surface area (Å²) in [6.07, 6.45) is 0.789. The van der Waals surface area contributed by atoms with Crippen LogP contribution >= 0.6 is 0 Å². The van der Waals surface area contributed by atoms with Crippen LogP contribution < -0.4 is 10.6 Å². The minimum Gasteiger partial charge on any atom is -0.330 e. The van der Waals surface area contributed by atoms with Crippen molar-refractivity contribution in [3.63, 3.8) is 0 Å². The topological polar surface area (TPSA) is 46.3 Å². The lowest BCUT2D eigenvalue weighted by atomic mass is 10.1. The summed E-state index contributed by atoms with van der Waals surface area (Å²) < 4.78 is 0. The molecule has 0 unspecified atom stereocenters. The molecule has 0 aromatic heterocycles. The molecule has 2 N–H and O–H groups in total. The van der Waals surface area contributed by atoms with E-state index in [4.69, 9.17) is 5.73 Å². The van der Waals surface area contributed by atoms with E-state index >= 15 is 0 Å². The average molecular weight is 282 g/mol. The Labute approximate surface area is 126 Å². The number of carbonyl (C=O) groups is 1. The zero-order chi connectivity index (χ0) is 15.2. The molecule has 2 aromatic carbocycles. The van der Waals surface area contributed by atoms with Crippen LogP contribution in [0.1, 0.15) is 28.4 Å². The lowest BCUT2D eigenvalue weighted by Crippen LogP contribution is -2.30. The van der Waals surface area contributed by atoms with Crippen molar-refractivity contribution in [2.75, 3.05) is 18.0 Å². The third-order valence-corrected chi connectivity index (χ3v) is 3.48. The number of carbonyl (C=O) groups excluding carboxylic acids is 1. The van der Waals surface area contributed by atoms with Gasteiger partial charge in [0.25, 0.3) is 5.91 Å². The molecule has 0 aliphatic heterocycles. The fourth-order valence-electron chi connectivity index (χ4n) is 2.42. The highest BCUT2D eigenvalue weighted by Crippen LogP contribution is 2.19. The van der Waals surface area contributed by atoms with Crippen LogP contribution in [0.2, 0.25) is 0 Å². The minimum atomic E-state index is 0.0296.